The number of hydrogen-bond acceptors (Lipinski definition) is 3. The maximum Gasteiger partial charge on any atom is 0.253 e. The molecule has 1 heterocycles. The van der Waals surface area contributed by atoms with Crippen LogP contribution < -0.4 is 15.5 Å². The zero-order valence-electron chi connectivity index (χ0n) is 17.1. The van der Waals surface area contributed by atoms with Gasteiger partial charge in [-0.15, -0.1) is 11.6 Å². The van der Waals surface area contributed by atoms with Gasteiger partial charge in [-0.1, -0.05) is 30.3 Å². The number of alkyl halides is 1. The average Bonchev–Trinajstić information content (AvgIpc) is 3.59. The second-order valence-corrected chi connectivity index (χ2v) is 8.55. The zero-order valence-corrected chi connectivity index (χ0v) is 17.8. The van der Waals surface area contributed by atoms with Crippen molar-refractivity contribution < 1.29 is 9.59 Å². The van der Waals surface area contributed by atoms with Gasteiger partial charge in [-0.25, -0.2) is 0 Å². The van der Waals surface area contributed by atoms with Crippen molar-refractivity contribution in [3.8, 4) is 0 Å². The smallest absolute Gasteiger partial charge is 0.253 e. The highest BCUT2D eigenvalue weighted by molar-refractivity contribution is 6.29. The van der Waals surface area contributed by atoms with Crippen LogP contribution >= 0.6 is 11.6 Å². The minimum Gasteiger partial charge on any atom is -0.371 e. The number of nitrogens with zero attached hydrogens (tertiary/aromatic N) is 1. The maximum absolute atomic E-state index is 12.9. The van der Waals surface area contributed by atoms with Crippen molar-refractivity contribution >= 4 is 34.8 Å². The first-order valence-electron chi connectivity index (χ1n) is 10.7. The number of nitrogens with one attached hydrogen (secondary N) is 2. The molecule has 0 radical (unpaired) electrons. The van der Waals surface area contributed by atoms with Gasteiger partial charge in [0.1, 0.15) is 5.88 Å². The molecule has 2 fully saturated rings. The number of halogens is 1. The van der Waals surface area contributed by atoms with E-state index in [4.69, 9.17) is 11.6 Å². The number of carbonyl (C=O) groups is 2. The van der Waals surface area contributed by atoms with Crippen molar-refractivity contribution in [2.24, 2.45) is 5.92 Å². The molecule has 0 unspecified atom stereocenters. The first-order valence-corrected chi connectivity index (χ1v) is 11.3. The summed E-state index contributed by atoms with van der Waals surface area (Å²) in [5.41, 5.74) is 3.55. The predicted molar refractivity (Wildman–Crippen MR) is 121 cm³/mol. The molecule has 0 bridgehead atoms. The lowest BCUT2D eigenvalue weighted by Gasteiger charge is -2.35. The number of hydrogen-bond donors (Lipinski definition) is 2. The van der Waals surface area contributed by atoms with Gasteiger partial charge >= 0.3 is 0 Å². The van der Waals surface area contributed by atoms with E-state index < -0.39 is 0 Å². The molecule has 1 saturated heterocycles. The van der Waals surface area contributed by atoms with Crippen LogP contribution in [0.25, 0.3) is 0 Å². The summed E-state index contributed by atoms with van der Waals surface area (Å²) < 4.78 is 0. The Hall–Kier alpha value is -2.53. The Morgan fingerprint density at radius 3 is 2.40 bits per heavy atom. The van der Waals surface area contributed by atoms with Gasteiger partial charge in [0.2, 0.25) is 5.91 Å². The second-order valence-electron chi connectivity index (χ2n) is 8.28. The van der Waals surface area contributed by atoms with E-state index in [0.29, 0.717) is 17.2 Å². The van der Waals surface area contributed by atoms with E-state index in [1.807, 2.05) is 12.1 Å². The molecule has 6 heteroatoms. The van der Waals surface area contributed by atoms with Crippen LogP contribution in [-0.4, -0.2) is 36.8 Å². The number of benzene rings is 2. The summed E-state index contributed by atoms with van der Waals surface area (Å²) in [4.78, 5) is 26.9. The van der Waals surface area contributed by atoms with Crippen molar-refractivity contribution in [3.05, 3.63) is 59.7 Å². The minimum atomic E-state index is -0.278. The van der Waals surface area contributed by atoms with E-state index in [2.05, 4.69) is 45.9 Å². The molecule has 1 aliphatic carbocycles. The first kappa shape index (κ1) is 20.7. The topological polar surface area (TPSA) is 61.4 Å². The van der Waals surface area contributed by atoms with E-state index in [1.165, 1.54) is 5.56 Å². The lowest BCUT2D eigenvalue weighted by atomic mass is 9.89. The van der Waals surface area contributed by atoms with Gasteiger partial charge in [-0.3, -0.25) is 9.59 Å². The Kier molecular flexibility index (Phi) is 6.58. The monoisotopic (exact) mass is 425 g/mol. The van der Waals surface area contributed by atoms with Gasteiger partial charge in [0.25, 0.3) is 5.91 Å². The molecule has 158 valence electrons. The molecular formula is C24H28ClN3O2. The largest absolute Gasteiger partial charge is 0.371 e. The van der Waals surface area contributed by atoms with Crippen molar-refractivity contribution in [2.75, 3.05) is 29.2 Å². The van der Waals surface area contributed by atoms with Crippen LogP contribution in [0.2, 0.25) is 0 Å². The van der Waals surface area contributed by atoms with Gasteiger partial charge in [0, 0.05) is 30.5 Å². The lowest BCUT2D eigenvalue weighted by molar-refractivity contribution is -0.113. The highest BCUT2D eigenvalue weighted by Crippen LogP contribution is 2.31. The van der Waals surface area contributed by atoms with Crippen LogP contribution in [0.4, 0.5) is 11.4 Å². The van der Waals surface area contributed by atoms with Crippen LogP contribution in [0.1, 0.15) is 41.6 Å². The fourth-order valence-electron chi connectivity index (χ4n) is 4.08. The predicted octanol–water partition coefficient (Wildman–Crippen LogP) is 4.22. The first-order chi connectivity index (χ1) is 14.6. The summed E-state index contributed by atoms with van der Waals surface area (Å²) in [7, 11) is 0. The Bertz CT molecular complexity index is 891. The molecule has 5 nitrogen and oxygen atoms in total. The summed E-state index contributed by atoms with van der Waals surface area (Å²) in [5, 5.41) is 5.83. The maximum atomic E-state index is 12.9. The Morgan fingerprint density at radius 2 is 1.73 bits per heavy atom. The van der Waals surface area contributed by atoms with Crippen LogP contribution in [0.3, 0.4) is 0 Å². The molecule has 4 rings (SSSR count). The molecule has 2 N–H and O–H groups in total. The highest BCUT2D eigenvalue weighted by Gasteiger charge is 2.27. The summed E-state index contributed by atoms with van der Waals surface area (Å²) in [6.45, 7) is 1.85. The average molecular weight is 426 g/mol. The van der Waals surface area contributed by atoms with Crippen LogP contribution in [0.5, 0.6) is 0 Å². The van der Waals surface area contributed by atoms with Crippen LogP contribution in [0, 0.1) is 5.92 Å². The van der Waals surface area contributed by atoms with Crippen molar-refractivity contribution in [1.29, 1.82) is 0 Å². The number of carbonyl (C=O) groups excluding carboxylic acids is 2. The molecule has 2 amide bonds. The SMILES string of the molecule is O=C(CCl)Nc1ccc(N2CCC(Cc3ccccc3)CC2)c(C(=O)NC2CC2)c1. The van der Waals surface area contributed by atoms with E-state index >= 15 is 0 Å². The number of amides is 2. The second kappa shape index (κ2) is 9.52. The van der Waals surface area contributed by atoms with Gasteiger partial charge in [0.15, 0.2) is 0 Å². The van der Waals surface area contributed by atoms with Crippen molar-refractivity contribution in [2.45, 2.75) is 38.1 Å². The summed E-state index contributed by atoms with van der Waals surface area (Å²) in [6, 6.07) is 16.5. The summed E-state index contributed by atoms with van der Waals surface area (Å²) in [5.74, 6) is 0.204. The molecule has 2 aliphatic rings. The number of anilines is 2. The van der Waals surface area contributed by atoms with Crippen LogP contribution in [-0.2, 0) is 11.2 Å². The Morgan fingerprint density at radius 1 is 1.00 bits per heavy atom. The molecule has 0 spiro atoms. The number of piperidine rings is 1. The van der Waals surface area contributed by atoms with E-state index in [1.54, 1.807) is 6.07 Å². The van der Waals surface area contributed by atoms with Gasteiger partial charge in [-0.2, -0.15) is 0 Å². The van der Waals surface area contributed by atoms with Gasteiger partial charge in [-0.05, 0) is 61.8 Å². The molecule has 0 atom stereocenters. The van der Waals surface area contributed by atoms with Crippen molar-refractivity contribution in [3.63, 3.8) is 0 Å². The Labute approximate surface area is 182 Å². The molecule has 1 saturated carbocycles. The fourth-order valence-corrected chi connectivity index (χ4v) is 4.15. The van der Waals surface area contributed by atoms with Crippen molar-refractivity contribution in [1.82, 2.24) is 5.32 Å². The summed E-state index contributed by atoms with van der Waals surface area (Å²) in [6.07, 6.45) is 5.38. The number of rotatable bonds is 7. The third kappa shape index (κ3) is 5.33. The zero-order chi connectivity index (χ0) is 20.9. The Balaban J connectivity index is 1.46. The van der Waals surface area contributed by atoms with E-state index in [9.17, 15) is 9.59 Å². The normalized spacial score (nSPS) is 16.9. The molecule has 2 aromatic carbocycles. The summed E-state index contributed by atoms with van der Waals surface area (Å²) >= 11 is 5.61. The molecule has 30 heavy (non-hydrogen) atoms. The van der Waals surface area contributed by atoms with Gasteiger partial charge < -0.3 is 15.5 Å². The lowest BCUT2D eigenvalue weighted by Crippen LogP contribution is -2.36. The molecular weight excluding hydrogens is 398 g/mol. The quantitative estimate of drug-likeness (QED) is 0.653. The molecule has 2 aromatic rings. The highest BCUT2D eigenvalue weighted by atomic mass is 35.5. The molecule has 0 aromatic heterocycles. The third-order valence-corrected chi connectivity index (χ3v) is 6.12. The third-order valence-electron chi connectivity index (χ3n) is 5.88. The van der Waals surface area contributed by atoms with Gasteiger partial charge in [0.05, 0.1) is 5.56 Å². The standard InChI is InChI=1S/C24H28ClN3O2/c25-16-23(29)26-20-8-9-22(21(15-20)24(30)27-19-6-7-19)28-12-10-18(11-13-28)14-17-4-2-1-3-5-17/h1-5,8-9,15,18-19H,6-7,10-14,16H2,(H,26,29)(H,27,30). The fraction of sp³-hybridized carbons (Fsp3) is 0.417. The van der Waals surface area contributed by atoms with E-state index in [0.717, 1.165) is 50.9 Å². The van der Waals surface area contributed by atoms with Crippen LogP contribution in [0.15, 0.2) is 48.5 Å². The minimum absolute atomic E-state index is 0.0686. The van der Waals surface area contributed by atoms with E-state index in [-0.39, 0.29) is 23.7 Å². The molecule has 1 aliphatic heterocycles.